The van der Waals surface area contributed by atoms with Gasteiger partial charge in [0.2, 0.25) is 5.91 Å². The molecule has 2 amide bonds. The van der Waals surface area contributed by atoms with Crippen LogP contribution in [0.5, 0.6) is 0 Å². The zero-order chi connectivity index (χ0) is 17.9. The standard InChI is InChI=1S/C21H25BrN2O2/c22-16-1-3-17(4-2-16)24-19(25)8-18(20(24)26)23-12-21-9-13-5-14(10-21)7-15(6-13)11-21/h1-4,13-15,18,23H,5-12H2. The molecule has 4 bridgehead atoms. The summed E-state index contributed by atoms with van der Waals surface area (Å²) in [5.41, 5.74) is 1.05. The summed E-state index contributed by atoms with van der Waals surface area (Å²) < 4.78 is 0.942. The Bertz CT molecular complexity index is 710. The zero-order valence-corrected chi connectivity index (χ0v) is 16.5. The molecule has 1 aromatic carbocycles. The monoisotopic (exact) mass is 416 g/mol. The van der Waals surface area contributed by atoms with Crippen LogP contribution in [0.3, 0.4) is 0 Å². The van der Waals surface area contributed by atoms with Crippen molar-refractivity contribution < 1.29 is 9.59 Å². The molecule has 1 unspecified atom stereocenters. The maximum atomic E-state index is 12.8. The van der Waals surface area contributed by atoms with Crippen LogP contribution in [0.25, 0.3) is 0 Å². The summed E-state index contributed by atoms with van der Waals surface area (Å²) in [4.78, 5) is 26.7. The van der Waals surface area contributed by atoms with Crippen molar-refractivity contribution in [1.82, 2.24) is 5.32 Å². The Balaban J connectivity index is 1.28. The van der Waals surface area contributed by atoms with E-state index in [2.05, 4.69) is 21.2 Å². The molecule has 0 aromatic heterocycles. The number of hydrogen-bond donors (Lipinski definition) is 1. The Labute approximate surface area is 162 Å². The molecule has 1 atom stereocenters. The zero-order valence-electron chi connectivity index (χ0n) is 14.9. The minimum Gasteiger partial charge on any atom is -0.305 e. The molecule has 1 heterocycles. The van der Waals surface area contributed by atoms with Gasteiger partial charge in [0.25, 0.3) is 5.91 Å². The summed E-state index contributed by atoms with van der Waals surface area (Å²) in [5, 5.41) is 3.51. The number of nitrogens with zero attached hydrogens (tertiary/aromatic N) is 1. The van der Waals surface area contributed by atoms with Crippen LogP contribution in [0.1, 0.15) is 44.9 Å². The van der Waals surface area contributed by atoms with Crippen LogP contribution in [0.2, 0.25) is 0 Å². The van der Waals surface area contributed by atoms with E-state index >= 15 is 0 Å². The average Bonchev–Trinajstić information content (AvgIpc) is 2.87. The molecule has 5 heteroatoms. The lowest BCUT2D eigenvalue weighted by Crippen LogP contribution is -2.52. The van der Waals surface area contributed by atoms with Crippen molar-refractivity contribution in [3.63, 3.8) is 0 Å². The number of anilines is 1. The summed E-state index contributed by atoms with van der Waals surface area (Å²) in [5.74, 6) is 2.53. The van der Waals surface area contributed by atoms with Gasteiger partial charge in [-0.05, 0) is 86.0 Å². The summed E-state index contributed by atoms with van der Waals surface area (Å²) in [6, 6.07) is 7.01. The summed E-state index contributed by atoms with van der Waals surface area (Å²) in [6.07, 6.45) is 8.51. The van der Waals surface area contributed by atoms with Gasteiger partial charge in [-0.3, -0.25) is 9.59 Å². The molecule has 5 aliphatic rings. The van der Waals surface area contributed by atoms with Crippen LogP contribution < -0.4 is 10.2 Å². The van der Waals surface area contributed by atoms with Gasteiger partial charge < -0.3 is 5.32 Å². The molecule has 0 spiro atoms. The van der Waals surface area contributed by atoms with E-state index in [4.69, 9.17) is 0 Å². The Morgan fingerprint density at radius 2 is 1.58 bits per heavy atom. The molecule has 1 aromatic rings. The maximum Gasteiger partial charge on any atom is 0.251 e. The van der Waals surface area contributed by atoms with Gasteiger partial charge in [-0.25, -0.2) is 4.90 Å². The number of hydrogen-bond acceptors (Lipinski definition) is 3. The number of carbonyl (C=O) groups excluding carboxylic acids is 2. The number of nitrogens with one attached hydrogen (secondary N) is 1. The largest absolute Gasteiger partial charge is 0.305 e. The Hall–Kier alpha value is -1.20. The first kappa shape index (κ1) is 16.9. The first-order valence-electron chi connectivity index (χ1n) is 9.87. The molecule has 5 fully saturated rings. The van der Waals surface area contributed by atoms with E-state index in [1.807, 2.05) is 24.3 Å². The molecule has 4 nitrogen and oxygen atoms in total. The Morgan fingerprint density at radius 1 is 1.00 bits per heavy atom. The normalized spacial score (nSPS) is 38.4. The molecule has 1 aliphatic heterocycles. The lowest BCUT2D eigenvalue weighted by atomic mass is 9.49. The van der Waals surface area contributed by atoms with Crippen molar-refractivity contribution in [2.75, 3.05) is 11.4 Å². The third-order valence-electron chi connectivity index (χ3n) is 7.12. The topological polar surface area (TPSA) is 49.4 Å². The van der Waals surface area contributed by atoms with Crippen molar-refractivity contribution in [3.05, 3.63) is 28.7 Å². The van der Waals surface area contributed by atoms with Crippen LogP contribution in [0, 0.1) is 23.2 Å². The molecule has 6 rings (SSSR count). The summed E-state index contributed by atoms with van der Waals surface area (Å²) in [7, 11) is 0. The molecule has 4 aliphatic carbocycles. The molecule has 1 saturated heterocycles. The SMILES string of the molecule is O=C1CC(NCC23CC4CC(CC(C4)C2)C3)C(=O)N1c1ccc(Br)cc1. The van der Waals surface area contributed by atoms with E-state index in [-0.39, 0.29) is 24.3 Å². The highest BCUT2D eigenvalue weighted by molar-refractivity contribution is 9.10. The van der Waals surface area contributed by atoms with Crippen molar-refractivity contribution in [3.8, 4) is 0 Å². The first-order valence-corrected chi connectivity index (χ1v) is 10.7. The number of carbonyl (C=O) groups is 2. The van der Waals surface area contributed by atoms with Gasteiger partial charge in [0.15, 0.2) is 0 Å². The van der Waals surface area contributed by atoms with E-state index in [1.165, 1.54) is 43.4 Å². The predicted octanol–water partition coefficient (Wildman–Crippen LogP) is 3.89. The van der Waals surface area contributed by atoms with E-state index in [0.29, 0.717) is 11.1 Å². The second kappa shape index (κ2) is 6.16. The Morgan fingerprint density at radius 3 is 2.15 bits per heavy atom. The number of rotatable bonds is 4. The number of halogens is 1. The fourth-order valence-corrected chi connectivity index (χ4v) is 6.76. The van der Waals surface area contributed by atoms with Crippen molar-refractivity contribution >= 4 is 33.4 Å². The predicted molar refractivity (Wildman–Crippen MR) is 104 cm³/mol. The first-order chi connectivity index (χ1) is 12.5. The van der Waals surface area contributed by atoms with Gasteiger partial charge >= 0.3 is 0 Å². The van der Waals surface area contributed by atoms with Crippen LogP contribution in [0.4, 0.5) is 5.69 Å². The molecular formula is C21H25BrN2O2. The summed E-state index contributed by atoms with van der Waals surface area (Å²) in [6.45, 7) is 0.897. The highest BCUT2D eigenvalue weighted by atomic mass is 79.9. The van der Waals surface area contributed by atoms with Gasteiger partial charge in [-0.2, -0.15) is 0 Å². The molecule has 4 saturated carbocycles. The van der Waals surface area contributed by atoms with Gasteiger partial charge in [-0.15, -0.1) is 0 Å². The van der Waals surface area contributed by atoms with Crippen LogP contribution in [0.15, 0.2) is 28.7 Å². The van der Waals surface area contributed by atoms with Crippen molar-refractivity contribution in [1.29, 1.82) is 0 Å². The second-order valence-electron chi connectivity index (χ2n) is 9.10. The lowest BCUT2D eigenvalue weighted by Gasteiger charge is -2.57. The minimum atomic E-state index is -0.362. The third kappa shape index (κ3) is 2.84. The fourth-order valence-electron chi connectivity index (χ4n) is 6.50. The van der Waals surface area contributed by atoms with Gasteiger partial charge in [-0.1, -0.05) is 15.9 Å². The quantitative estimate of drug-likeness (QED) is 0.757. The van der Waals surface area contributed by atoms with Crippen LogP contribution in [-0.4, -0.2) is 24.4 Å². The van der Waals surface area contributed by atoms with E-state index in [1.54, 1.807) is 0 Å². The highest BCUT2D eigenvalue weighted by Crippen LogP contribution is 2.59. The number of imide groups is 1. The molecule has 1 N–H and O–H groups in total. The van der Waals surface area contributed by atoms with E-state index < -0.39 is 0 Å². The van der Waals surface area contributed by atoms with Gasteiger partial charge in [0.1, 0.15) is 0 Å². The lowest BCUT2D eigenvalue weighted by molar-refractivity contribution is -0.121. The van der Waals surface area contributed by atoms with Crippen LogP contribution in [-0.2, 0) is 9.59 Å². The van der Waals surface area contributed by atoms with E-state index in [9.17, 15) is 9.59 Å². The Kier molecular flexibility index (Phi) is 4.02. The molecule has 26 heavy (non-hydrogen) atoms. The second-order valence-corrected chi connectivity index (χ2v) is 10.0. The summed E-state index contributed by atoms with van der Waals surface area (Å²) >= 11 is 3.40. The average molecular weight is 417 g/mol. The van der Waals surface area contributed by atoms with Crippen LogP contribution >= 0.6 is 15.9 Å². The molecular weight excluding hydrogens is 392 g/mol. The molecule has 0 radical (unpaired) electrons. The minimum absolute atomic E-state index is 0.0953. The van der Waals surface area contributed by atoms with Gasteiger partial charge in [0.05, 0.1) is 18.2 Å². The number of benzene rings is 1. The maximum absolute atomic E-state index is 12.8. The fraction of sp³-hybridized carbons (Fsp3) is 0.619. The highest BCUT2D eigenvalue weighted by Gasteiger charge is 2.51. The van der Waals surface area contributed by atoms with Gasteiger partial charge in [0, 0.05) is 11.0 Å². The molecule has 138 valence electrons. The van der Waals surface area contributed by atoms with Crippen molar-refractivity contribution in [2.24, 2.45) is 23.2 Å². The third-order valence-corrected chi connectivity index (χ3v) is 7.65. The van der Waals surface area contributed by atoms with Crippen molar-refractivity contribution in [2.45, 2.75) is 51.0 Å². The smallest absolute Gasteiger partial charge is 0.251 e. The van der Waals surface area contributed by atoms with E-state index in [0.717, 1.165) is 28.8 Å². The number of amides is 2.